The van der Waals surface area contributed by atoms with Crippen molar-refractivity contribution in [1.29, 1.82) is 0 Å². The summed E-state index contributed by atoms with van der Waals surface area (Å²) in [6.45, 7) is 32.9. The molecule has 1 atom stereocenters. The fourth-order valence-electron chi connectivity index (χ4n) is 11.0. The highest BCUT2D eigenvalue weighted by atomic mass is 32.1. The Bertz CT molecular complexity index is 1430. The van der Waals surface area contributed by atoms with Crippen LogP contribution in [-0.4, -0.2) is 253 Å². The van der Waals surface area contributed by atoms with Crippen LogP contribution in [0.25, 0.3) is 0 Å². The highest BCUT2D eigenvalue weighted by molar-refractivity contribution is 7.80. The van der Waals surface area contributed by atoms with Crippen LogP contribution in [0.3, 0.4) is 0 Å². The second-order valence-corrected chi connectivity index (χ2v) is 34.3. The summed E-state index contributed by atoms with van der Waals surface area (Å²) in [6.07, 6.45) is 46.6. The minimum absolute atomic E-state index is 0.486. The van der Waals surface area contributed by atoms with E-state index in [1.165, 1.54) is 193 Å². The molecular formula is C79H166O19S2Si2. The number of hydrogen-bond acceptors (Lipinski definition) is 21. The van der Waals surface area contributed by atoms with Gasteiger partial charge in [-0.15, -0.1) is 0 Å². The van der Waals surface area contributed by atoms with Crippen molar-refractivity contribution in [1.82, 2.24) is 0 Å². The molecule has 0 aromatic rings. The number of ether oxygens (including phenoxy) is 15. The predicted octanol–water partition coefficient (Wildman–Crippen LogP) is 18.0. The van der Waals surface area contributed by atoms with Crippen LogP contribution < -0.4 is 0 Å². The lowest BCUT2D eigenvalue weighted by Crippen LogP contribution is -2.40. The molecule has 0 radical (unpaired) electrons. The normalized spacial score (nSPS) is 12.5. The quantitative estimate of drug-likeness (QED) is 0.0334. The average Bonchev–Trinajstić information content (AvgIpc) is 0.928. The zero-order valence-corrected chi connectivity index (χ0v) is 71.1. The summed E-state index contributed by atoms with van der Waals surface area (Å²) in [5.41, 5.74) is 0. The summed E-state index contributed by atoms with van der Waals surface area (Å²) in [6, 6.07) is 1.84. The van der Waals surface area contributed by atoms with E-state index in [1.807, 2.05) is 6.92 Å². The first-order chi connectivity index (χ1) is 50.4. The van der Waals surface area contributed by atoms with Crippen LogP contribution in [0.5, 0.6) is 0 Å². The van der Waals surface area contributed by atoms with Gasteiger partial charge in [-0.1, -0.05) is 213 Å². The van der Waals surface area contributed by atoms with E-state index in [0.29, 0.717) is 205 Å². The first kappa shape index (κ1) is 104. The van der Waals surface area contributed by atoms with Crippen LogP contribution in [-0.2, 0) is 88.8 Å². The summed E-state index contributed by atoms with van der Waals surface area (Å²) in [5, 5.41) is 0. The van der Waals surface area contributed by atoms with Gasteiger partial charge in [-0.05, 0) is 75.7 Å². The first-order valence-electron chi connectivity index (χ1n) is 41.8. The molecule has 0 aliphatic rings. The molecule has 0 aromatic carbocycles. The number of hydrogen-bond donors (Lipinski definition) is 2. The van der Waals surface area contributed by atoms with Crippen molar-refractivity contribution < 1.29 is 88.8 Å². The Balaban J connectivity index is 0. The molecule has 1 unspecified atom stereocenters. The SMILES string of the molecule is CCCCCCCCCCCCCOCCOCCOCCOCCOCCO[Si](C)(CCCS)OCC.CCCCCCCCCCCCCOCCOCCOCCOCCOCCO[Si](C)(CCCS)OCCOCCOCCOCCOCCOCCCCCCCCCCCCC. The highest BCUT2D eigenvalue weighted by Gasteiger charge is 2.31. The van der Waals surface area contributed by atoms with E-state index in [2.05, 4.69) is 59.1 Å². The van der Waals surface area contributed by atoms with Gasteiger partial charge in [0.2, 0.25) is 0 Å². The molecule has 23 heteroatoms. The molecule has 102 heavy (non-hydrogen) atoms. The second kappa shape index (κ2) is 93.8. The van der Waals surface area contributed by atoms with E-state index in [1.54, 1.807) is 0 Å². The minimum atomic E-state index is -2.35. The molecule has 0 aromatic heterocycles. The molecule has 0 rings (SSSR count). The molecule has 0 heterocycles. The van der Waals surface area contributed by atoms with Gasteiger partial charge in [0.25, 0.3) is 0 Å². The van der Waals surface area contributed by atoms with Gasteiger partial charge >= 0.3 is 17.1 Å². The van der Waals surface area contributed by atoms with Gasteiger partial charge in [0.1, 0.15) is 0 Å². The number of rotatable bonds is 92. The van der Waals surface area contributed by atoms with Gasteiger partial charge in [-0.2, -0.15) is 25.3 Å². The highest BCUT2D eigenvalue weighted by Crippen LogP contribution is 2.19. The number of unbranched alkanes of at least 4 members (excludes halogenated alkanes) is 30. The molecule has 0 fully saturated rings. The summed E-state index contributed by atoms with van der Waals surface area (Å²) in [5.74, 6) is 1.66. The molecule has 0 spiro atoms. The van der Waals surface area contributed by atoms with Gasteiger partial charge in [0, 0.05) is 26.4 Å². The molecule has 0 aliphatic carbocycles. The second-order valence-electron chi connectivity index (χ2n) is 26.7. The third-order valence-corrected chi connectivity index (χ3v) is 23.6. The molecule has 0 bridgehead atoms. The zero-order chi connectivity index (χ0) is 74.1. The van der Waals surface area contributed by atoms with Crippen LogP contribution in [0.15, 0.2) is 0 Å². The van der Waals surface area contributed by atoms with Crippen molar-refractivity contribution in [3.8, 4) is 0 Å². The van der Waals surface area contributed by atoms with Crippen LogP contribution >= 0.6 is 25.3 Å². The Hall–Kier alpha value is 0.374. The number of thiol groups is 2. The summed E-state index contributed by atoms with van der Waals surface area (Å²) < 4.78 is 109. The maximum atomic E-state index is 6.21. The lowest BCUT2D eigenvalue weighted by Gasteiger charge is -2.27. The zero-order valence-electron chi connectivity index (χ0n) is 67.3. The Morgan fingerprint density at radius 1 is 0.167 bits per heavy atom. The maximum absolute atomic E-state index is 6.21. The van der Waals surface area contributed by atoms with Crippen LogP contribution in [0.4, 0.5) is 0 Å². The van der Waals surface area contributed by atoms with E-state index < -0.39 is 17.1 Å². The van der Waals surface area contributed by atoms with Gasteiger partial charge < -0.3 is 88.8 Å². The van der Waals surface area contributed by atoms with Crippen molar-refractivity contribution in [3.05, 3.63) is 0 Å². The van der Waals surface area contributed by atoms with Gasteiger partial charge in [0.15, 0.2) is 0 Å². The third kappa shape index (κ3) is 91.0. The van der Waals surface area contributed by atoms with Crippen molar-refractivity contribution in [2.24, 2.45) is 0 Å². The summed E-state index contributed by atoms with van der Waals surface area (Å²) in [4.78, 5) is 0. The van der Waals surface area contributed by atoms with E-state index >= 15 is 0 Å². The van der Waals surface area contributed by atoms with Gasteiger partial charge in [0.05, 0.1) is 198 Å². The lowest BCUT2D eigenvalue weighted by molar-refractivity contribution is -0.0157. The topological polar surface area (TPSA) is 175 Å². The molecule has 0 saturated heterocycles. The molecule has 0 amide bonds. The maximum Gasteiger partial charge on any atom is 0.335 e. The molecule has 0 saturated carbocycles. The summed E-state index contributed by atoms with van der Waals surface area (Å²) in [7, 11) is -4.44. The van der Waals surface area contributed by atoms with Gasteiger partial charge in [-0.25, -0.2) is 0 Å². The molecule has 19 nitrogen and oxygen atoms in total. The Morgan fingerprint density at radius 2 is 0.314 bits per heavy atom. The fourth-order valence-corrected chi connectivity index (χ4v) is 16.4. The van der Waals surface area contributed by atoms with E-state index in [9.17, 15) is 0 Å². The predicted molar refractivity (Wildman–Crippen MR) is 431 cm³/mol. The monoisotopic (exact) mass is 1540 g/mol. The smallest absolute Gasteiger partial charge is 0.335 e. The van der Waals surface area contributed by atoms with Crippen LogP contribution in [0, 0.1) is 0 Å². The third-order valence-electron chi connectivity index (χ3n) is 17.1. The van der Waals surface area contributed by atoms with Gasteiger partial charge in [-0.3, -0.25) is 0 Å². The lowest BCUT2D eigenvalue weighted by atomic mass is 10.1. The molecule has 0 N–H and O–H groups in total. The molecular weight excluding hydrogens is 1370 g/mol. The Labute approximate surface area is 641 Å². The van der Waals surface area contributed by atoms with Crippen molar-refractivity contribution in [2.45, 2.75) is 278 Å². The standard InChI is InChI=1S/C50H104O12SSi.C29H62O7SSi/c1-4-6-8-10-12-14-16-18-20-22-24-27-51-29-31-53-33-35-55-37-39-57-41-43-59-45-47-61-64(3,50-26-49-63)62-48-46-60-44-42-58-40-38-56-36-34-54-32-30-52-28-25-23-21-19-17-15-13-11-9-7-5-2;1-4-6-7-8-9-10-11-12-13-14-15-17-30-18-19-31-20-21-32-22-23-33-24-25-34-26-27-36-38(3,35-5-2)29-16-28-37/h63H,4-50H2,1-3H3;37H,4-29H2,1-3H3. The Morgan fingerprint density at radius 3 is 0.480 bits per heavy atom. The van der Waals surface area contributed by atoms with Crippen molar-refractivity contribution in [2.75, 3.05) is 236 Å². The minimum Gasteiger partial charge on any atom is -0.395 e. The molecule has 616 valence electrons. The average molecular weight is 1540 g/mol. The van der Waals surface area contributed by atoms with Crippen LogP contribution in [0.1, 0.15) is 252 Å². The van der Waals surface area contributed by atoms with E-state index in [-0.39, 0.29) is 0 Å². The summed E-state index contributed by atoms with van der Waals surface area (Å²) >= 11 is 8.66. The van der Waals surface area contributed by atoms with Crippen molar-refractivity contribution >= 4 is 42.4 Å². The largest absolute Gasteiger partial charge is 0.395 e. The first-order valence-corrected chi connectivity index (χ1v) is 48.1. The van der Waals surface area contributed by atoms with Crippen LogP contribution in [0.2, 0.25) is 25.2 Å². The fraction of sp³-hybridized carbons (Fsp3) is 1.00. The molecule has 0 aliphatic heterocycles. The van der Waals surface area contributed by atoms with E-state index in [4.69, 9.17) is 88.8 Å². The van der Waals surface area contributed by atoms with Crippen molar-refractivity contribution in [3.63, 3.8) is 0 Å². The Kier molecular flexibility index (Phi) is 96.0. The van der Waals surface area contributed by atoms with E-state index in [0.717, 1.165) is 75.5 Å².